The number of carbonyl (C=O) groups is 1. The Kier molecular flexibility index (Phi) is 4.49. The van der Waals surface area contributed by atoms with E-state index in [-0.39, 0.29) is 6.10 Å². The van der Waals surface area contributed by atoms with Crippen LogP contribution in [0, 0.1) is 0 Å². The van der Waals surface area contributed by atoms with Crippen molar-refractivity contribution in [2.45, 2.75) is 37.3 Å². The van der Waals surface area contributed by atoms with Gasteiger partial charge in [-0.2, -0.15) is 0 Å². The minimum Gasteiger partial charge on any atom is -0.493 e. The summed E-state index contributed by atoms with van der Waals surface area (Å²) in [6, 6.07) is 7.43. The predicted octanol–water partition coefficient (Wildman–Crippen LogP) is 2.06. The molecular formula is C15H21NO4. The summed E-state index contributed by atoms with van der Waals surface area (Å²) in [6.45, 7) is 0. The van der Waals surface area contributed by atoms with Crippen LogP contribution in [0.25, 0.3) is 0 Å². The highest BCUT2D eigenvalue weighted by Gasteiger charge is 2.42. The zero-order valence-corrected chi connectivity index (χ0v) is 11.9. The van der Waals surface area contributed by atoms with Crippen molar-refractivity contribution >= 4 is 5.97 Å². The average Bonchev–Trinajstić information content (AvgIpc) is 2.47. The number of ether oxygens (including phenoxy) is 2. The molecule has 1 aromatic rings. The molecule has 0 aromatic heterocycles. The summed E-state index contributed by atoms with van der Waals surface area (Å²) in [5, 5.41) is 12.4. The molecule has 1 aliphatic rings. The molecular weight excluding hydrogens is 258 g/mol. The summed E-state index contributed by atoms with van der Waals surface area (Å²) in [5.41, 5.74) is -0.884. The monoisotopic (exact) mass is 279 g/mol. The van der Waals surface area contributed by atoms with E-state index in [4.69, 9.17) is 9.47 Å². The molecule has 1 saturated carbocycles. The maximum absolute atomic E-state index is 11.5. The number of benzene rings is 1. The lowest BCUT2D eigenvalue weighted by Gasteiger charge is -2.37. The Morgan fingerprint density at radius 3 is 2.70 bits per heavy atom. The maximum Gasteiger partial charge on any atom is 0.324 e. The van der Waals surface area contributed by atoms with E-state index in [9.17, 15) is 9.90 Å². The molecule has 110 valence electrons. The number of hydrogen-bond acceptors (Lipinski definition) is 4. The quantitative estimate of drug-likeness (QED) is 0.863. The fraction of sp³-hybridized carbons (Fsp3) is 0.533. The van der Waals surface area contributed by atoms with E-state index in [0.29, 0.717) is 24.3 Å². The molecule has 2 atom stereocenters. The first-order valence-corrected chi connectivity index (χ1v) is 6.83. The van der Waals surface area contributed by atoms with E-state index in [2.05, 4.69) is 5.32 Å². The van der Waals surface area contributed by atoms with Gasteiger partial charge in [0.15, 0.2) is 11.5 Å². The first kappa shape index (κ1) is 14.7. The largest absolute Gasteiger partial charge is 0.493 e. The molecule has 2 unspecified atom stereocenters. The second kappa shape index (κ2) is 6.13. The van der Waals surface area contributed by atoms with Crippen molar-refractivity contribution in [2.24, 2.45) is 0 Å². The fourth-order valence-corrected chi connectivity index (χ4v) is 2.75. The Hall–Kier alpha value is -1.75. The standard InChI is InChI=1S/C15H21NO4/c1-16-15(14(17)18)9-5-6-11(10-15)20-13-8-4-3-7-12(13)19-2/h3-4,7-8,11,16H,5-6,9-10H2,1-2H3,(H,17,18). The minimum atomic E-state index is -0.884. The van der Waals surface area contributed by atoms with Crippen LogP contribution in [-0.4, -0.2) is 36.9 Å². The number of nitrogens with one attached hydrogen (secondary N) is 1. The maximum atomic E-state index is 11.5. The average molecular weight is 279 g/mol. The third-order valence-electron chi connectivity index (χ3n) is 3.96. The van der Waals surface area contributed by atoms with Crippen LogP contribution in [-0.2, 0) is 4.79 Å². The van der Waals surface area contributed by atoms with E-state index in [1.165, 1.54) is 0 Å². The smallest absolute Gasteiger partial charge is 0.324 e. The number of likely N-dealkylation sites (N-methyl/N-ethyl adjacent to an activating group) is 1. The third-order valence-corrected chi connectivity index (χ3v) is 3.96. The summed E-state index contributed by atoms with van der Waals surface area (Å²) >= 11 is 0. The molecule has 1 fully saturated rings. The van der Waals surface area contributed by atoms with E-state index in [1.807, 2.05) is 24.3 Å². The zero-order chi connectivity index (χ0) is 14.6. The Morgan fingerprint density at radius 1 is 1.40 bits per heavy atom. The van der Waals surface area contributed by atoms with Gasteiger partial charge in [0, 0.05) is 6.42 Å². The van der Waals surface area contributed by atoms with Gasteiger partial charge in [0.25, 0.3) is 0 Å². The molecule has 1 aromatic carbocycles. The Morgan fingerprint density at radius 2 is 2.10 bits per heavy atom. The van der Waals surface area contributed by atoms with Gasteiger partial charge in [0.05, 0.1) is 7.11 Å². The Labute approximate surface area is 118 Å². The van der Waals surface area contributed by atoms with Gasteiger partial charge in [-0.25, -0.2) is 0 Å². The van der Waals surface area contributed by atoms with E-state index < -0.39 is 11.5 Å². The number of methoxy groups -OCH3 is 1. The van der Waals surface area contributed by atoms with Gasteiger partial charge in [-0.15, -0.1) is 0 Å². The fourth-order valence-electron chi connectivity index (χ4n) is 2.75. The number of rotatable bonds is 5. The summed E-state index contributed by atoms with van der Waals surface area (Å²) in [4.78, 5) is 11.5. The second-order valence-electron chi connectivity index (χ2n) is 5.12. The van der Waals surface area contributed by atoms with Crippen molar-refractivity contribution in [3.8, 4) is 11.5 Å². The normalized spacial score (nSPS) is 26.0. The number of para-hydroxylation sites is 2. The van der Waals surface area contributed by atoms with Crippen LogP contribution in [0.1, 0.15) is 25.7 Å². The first-order valence-electron chi connectivity index (χ1n) is 6.83. The van der Waals surface area contributed by atoms with Crippen LogP contribution in [0.4, 0.5) is 0 Å². The molecule has 2 N–H and O–H groups in total. The number of carboxylic acid groups (broad SMARTS) is 1. The molecule has 20 heavy (non-hydrogen) atoms. The zero-order valence-electron chi connectivity index (χ0n) is 11.9. The van der Waals surface area contributed by atoms with Crippen molar-refractivity contribution in [2.75, 3.05) is 14.2 Å². The molecule has 0 aliphatic heterocycles. The summed E-state index contributed by atoms with van der Waals surface area (Å²) in [6.07, 6.45) is 2.65. The molecule has 0 saturated heterocycles. The van der Waals surface area contributed by atoms with Gasteiger partial charge in [-0.05, 0) is 38.4 Å². The van der Waals surface area contributed by atoms with Crippen LogP contribution in [0.15, 0.2) is 24.3 Å². The van der Waals surface area contributed by atoms with Crippen molar-refractivity contribution in [3.63, 3.8) is 0 Å². The van der Waals surface area contributed by atoms with Crippen LogP contribution in [0.3, 0.4) is 0 Å². The third kappa shape index (κ3) is 2.88. The summed E-state index contributed by atoms with van der Waals surface area (Å²) < 4.78 is 11.2. The lowest BCUT2D eigenvalue weighted by molar-refractivity contribution is -0.147. The molecule has 2 rings (SSSR count). The van der Waals surface area contributed by atoms with Gasteiger partial charge in [0.2, 0.25) is 0 Å². The van der Waals surface area contributed by atoms with Gasteiger partial charge >= 0.3 is 5.97 Å². The first-order chi connectivity index (χ1) is 9.61. The lowest BCUT2D eigenvalue weighted by Crippen LogP contribution is -2.55. The van der Waals surface area contributed by atoms with Crippen molar-refractivity contribution in [1.29, 1.82) is 0 Å². The number of hydrogen-bond donors (Lipinski definition) is 2. The highest BCUT2D eigenvalue weighted by Crippen LogP contribution is 2.34. The van der Waals surface area contributed by atoms with Gasteiger partial charge in [0.1, 0.15) is 11.6 Å². The van der Waals surface area contributed by atoms with E-state index >= 15 is 0 Å². The van der Waals surface area contributed by atoms with Crippen molar-refractivity contribution in [3.05, 3.63) is 24.3 Å². The van der Waals surface area contributed by atoms with Gasteiger partial charge < -0.3 is 19.9 Å². The van der Waals surface area contributed by atoms with Crippen LogP contribution in [0.2, 0.25) is 0 Å². The van der Waals surface area contributed by atoms with Gasteiger partial charge in [-0.3, -0.25) is 4.79 Å². The lowest BCUT2D eigenvalue weighted by atomic mass is 9.80. The SMILES string of the molecule is CNC1(C(=O)O)CCCC(Oc2ccccc2OC)C1. The van der Waals surface area contributed by atoms with E-state index in [0.717, 1.165) is 12.8 Å². The molecule has 1 aliphatic carbocycles. The molecule has 0 spiro atoms. The Bertz CT molecular complexity index is 477. The summed E-state index contributed by atoms with van der Waals surface area (Å²) in [7, 11) is 3.29. The van der Waals surface area contributed by atoms with Crippen LogP contribution < -0.4 is 14.8 Å². The number of aliphatic carboxylic acids is 1. The van der Waals surface area contributed by atoms with Gasteiger partial charge in [-0.1, -0.05) is 12.1 Å². The van der Waals surface area contributed by atoms with Crippen LogP contribution in [0.5, 0.6) is 11.5 Å². The summed E-state index contributed by atoms with van der Waals surface area (Å²) in [5.74, 6) is 0.522. The molecule has 5 heteroatoms. The molecule has 0 amide bonds. The second-order valence-corrected chi connectivity index (χ2v) is 5.12. The highest BCUT2D eigenvalue weighted by molar-refractivity contribution is 5.79. The predicted molar refractivity (Wildman–Crippen MR) is 75.3 cm³/mol. The number of carboxylic acids is 1. The topological polar surface area (TPSA) is 67.8 Å². The molecule has 0 radical (unpaired) electrons. The minimum absolute atomic E-state index is 0.122. The van der Waals surface area contributed by atoms with E-state index in [1.54, 1.807) is 14.2 Å². The molecule has 0 heterocycles. The van der Waals surface area contributed by atoms with Crippen molar-refractivity contribution < 1.29 is 19.4 Å². The Balaban J connectivity index is 2.12. The van der Waals surface area contributed by atoms with Crippen LogP contribution >= 0.6 is 0 Å². The van der Waals surface area contributed by atoms with Crippen molar-refractivity contribution in [1.82, 2.24) is 5.32 Å². The highest BCUT2D eigenvalue weighted by atomic mass is 16.5. The molecule has 5 nitrogen and oxygen atoms in total. The molecule has 0 bridgehead atoms.